The van der Waals surface area contributed by atoms with Crippen LogP contribution in [0.1, 0.15) is 25.0 Å². The van der Waals surface area contributed by atoms with Crippen LogP contribution in [0.5, 0.6) is 11.5 Å². The first-order valence-corrected chi connectivity index (χ1v) is 4.65. The Kier molecular flexibility index (Phi) is 3.18. The Bertz CT molecular complexity index is 338. The zero-order valence-electron chi connectivity index (χ0n) is 8.83. The maximum Gasteiger partial charge on any atom is 0.123 e. The van der Waals surface area contributed by atoms with E-state index >= 15 is 0 Å². The van der Waals surface area contributed by atoms with E-state index in [0.29, 0.717) is 12.0 Å². The lowest BCUT2D eigenvalue weighted by molar-refractivity contribution is 0.440. The molecule has 1 aromatic rings. The standard InChI is InChI=1S/C12H16O2/c1-8(2)4-5-10-11(13)6-9(3)7-12(10)14/h4,6-7,13-14H,5H2,1-3H3. The van der Waals surface area contributed by atoms with Crippen molar-refractivity contribution in [3.05, 3.63) is 34.9 Å². The Hall–Kier alpha value is -1.44. The number of rotatable bonds is 2. The Morgan fingerprint density at radius 3 is 2.14 bits per heavy atom. The number of phenols is 2. The molecule has 2 N–H and O–H groups in total. The molecule has 0 spiro atoms. The van der Waals surface area contributed by atoms with Crippen molar-refractivity contribution < 1.29 is 10.2 Å². The van der Waals surface area contributed by atoms with E-state index in [-0.39, 0.29) is 11.5 Å². The quantitative estimate of drug-likeness (QED) is 0.707. The highest BCUT2D eigenvalue weighted by Crippen LogP contribution is 2.29. The number of aromatic hydroxyl groups is 2. The Morgan fingerprint density at radius 2 is 1.71 bits per heavy atom. The minimum absolute atomic E-state index is 0.167. The van der Waals surface area contributed by atoms with Crippen LogP contribution in [0, 0.1) is 6.92 Å². The molecule has 1 aromatic carbocycles. The molecule has 0 saturated heterocycles. The Labute approximate surface area is 84.5 Å². The molecule has 0 bridgehead atoms. The third-order valence-corrected chi connectivity index (χ3v) is 2.06. The molecule has 0 aromatic heterocycles. The maximum atomic E-state index is 9.60. The molecule has 2 heteroatoms. The van der Waals surface area contributed by atoms with Gasteiger partial charge in [0, 0.05) is 5.56 Å². The van der Waals surface area contributed by atoms with Gasteiger partial charge in [0.1, 0.15) is 11.5 Å². The van der Waals surface area contributed by atoms with Crippen LogP contribution in [-0.2, 0) is 6.42 Å². The van der Waals surface area contributed by atoms with E-state index < -0.39 is 0 Å². The van der Waals surface area contributed by atoms with Gasteiger partial charge in [-0.1, -0.05) is 11.6 Å². The first-order valence-electron chi connectivity index (χ1n) is 4.65. The van der Waals surface area contributed by atoms with Gasteiger partial charge in [0.05, 0.1) is 0 Å². The van der Waals surface area contributed by atoms with E-state index in [0.717, 1.165) is 5.56 Å². The van der Waals surface area contributed by atoms with E-state index in [1.165, 1.54) is 5.57 Å². The fourth-order valence-electron chi connectivity index (χ4n) is 1.29. The first kappa shape index (κ1) is 10.6. The van der Waals surface area contributed by atoms with Gasteiger partial charge in [-0.15, -0.1) is 0 Å². The molecule has 0 aliphatic heterocycles. The highest BCUT2D eigenvalue weighted by Gasteiger charge is 2.06. The van der Waals surface area contributed by atoms with E-state index in [1.807, 2.05) is 26.8 Å². The number of allylic oxidation sites excluding steroid dienone is 2. The topological polar surface area (TPSA) is 40.5 Å². The molecule has 0 aliphatic carbocycles. The van der Waals surface area contributed by atoms with Gasteiger partial charge in [-0.05, 0) is 44.9 Å². The van der Waals surface area contributed by atoms with Gasteiger partial charge < -0.3 is 10.2 Å². The van der Waals surface area contributed by atoms with Crippen LogP contribution in [-0.4, -0.2) is 10.2 Å². The summed E-state index contributed by atoms with van der Waals surface area (Å²) in [4.78, 5) is 0. The maximum absolute atomic E-state index is 9.60. The lowest BCUT2D eigenvalue weighted by atomic mass is 10.1. The van der Waals surface area contributed by atoms with Gasteiger partial charge in [0.25, 0.3) is 0 Å². The van der Waals surface area contributed by atoms with E-state index in [1.54, 1.807) is 12.1 Å². The molecule has 0 saturated carbocycles. The van der Waals surface area contributed by atoms with Crippen LogP contribution in [0.2, 0.25) is 0 Å². The van der Waals surface area contributed by atoms with Crippen molar-refractivity contribution in [3.8, 4) is 11.5 Å². The number of hydrogen-bond acceptors (Lipinski definition) is 2. The summed E-state index contributed by atoms with van der Waals surface area (Å²) in [6.45, 7) is 5.81. The lowest BCUT2D eigenvalue weighted by Gasteiger charge is -2.06. The molecule has 0 fully saturated rings. The van der Waals surface area contributed by atoms with Crippen LogP contribution >= 0.6 is 0 Å². The SMILES string of the molecule is CC(C)=CCc1c(O)cc(C)cc1O. The van der Waals surface area contributed by atoms with E-state index in [9.17, 15) is 10.2 Å². The summed E-state index contributed by atoms with van der Waals surface area (Å²) in [6, 6.07) is 3.32. The van der Waals surface area contributed by atoms with Gasteiger partial charge in [-0.3, -0.25) is 0 Å². The van der Waals surface area contributed by atoms with Gasteiger partial charge in [0.15, 0.2) is 0 Å². The smallest absolute Gasteiger partial charge is 0.123 e. The number of benzene rings is 1. The fourth-order valence-corrected chi connectivity index (χ4v) is 1.29. The predicted molar refractivity (Wildman–Crippen MR) is 57.6 cm³/mol. The predicted octanol–water partition coefficient (Wildman–Crippen LogP) is 2.91. The van der Waals surface area contributed by atoms with Crippen molar-refractivity contribution in [2.24, 2.45) is 0 Å². The normalized spacial score (nSPS) is 9.93. The molecule has 0 heterocycles. The van der Waals surface area contributed by atoms with Crippen molar-refractivity contribution >= 4 is 0 Å². The monoisotopic (exact) mass is 192 g/mol. The van der Waals surface area contributed by atoms with Crippen molar-refractivity contribution in [1.82, 2.24) is 0 Å². The molecule has 76 valence electrons. The Balaban J connectivity index is 3.03. The molecule has 1 rings (SSSR count). The second-order valence-corrected chi connectivity index (χ2v) is 3.77. The number of aryl methyl sites for hydroxylation is 1. The van der Waals surface area contributed by atoms with Gasteiger partial charge >= 0.3 is 0 Å². The van der Waals surface area contributed by atoms with Crippen LogP contribution in [0.3, 0.4) is 0 Å². The van der Waals surface area contributed by atoms with Crippen molar-refractivity contribution in [2.75, 3.05) is 0 Å². The van der Waals surface area contributed by atoms with Crippen molar-refractivity contribution in [3.63, 3.8) is 0 Å². The molecule has 0 atom stereocenters. The van der Waals surface area contributed by atoms with Crippen molar-refractivity contribution in [1.29, 1.82) is 0 Å². The zero-order valence-corrected chi connectivity index (χ0v) is 8.83. The summed E-state index contributed by atoms with van der Waals surface area (Å²) in [6.07, 6.45) is 2.55. The van der Waals surface area contributed by atoms with Gasteiger partial charge in [0.2, 0.25) is 0 Å². The van der Waals surface area contributed by atoms with E-state index in [2.05, 4.69) is 0 Å². The third-order valence-electron chi connectivity index (χ3n) is 2.06. The summed E-state index contributed by atoms with van der Waals surface area (Å²) in [5.41, 5.74) is 2.63. The minimum atomic E-state index is 0.167. The largest absolute Gasteiger partial charge is 0.508 e. The van der Waals surface area contributed by atoms with Gasteiger partial charge in [-0.25, -0.2) is 0 Å². The third kappa shape index (κ3) is 2.52. The molecule has 0 amide bonds. The van der Waals surface area contributed by atoms with Crippen LogP contribution in [0.25, 0.3) is 0 Å². The Morgan fingerprint density at radius 1 is 1.21 bits per heavy atom. The van der Waals surface area contributed by atoms with Crippen LogP contribution < -0.4 is 0 Å². The summed E-state index contributed by atoms with van der Waals surface area (Å²) >= 11 is 0. The number of hydrogen-bond donors (Lipinski definition) is 2. The summed E-state index contributed by atoms with van der Waals surface area (Å²) in [5, 5.41) is 19.2. The first-order chi connectivity index (χ1) is 6.50. The molecule has 0 radical (unpaired) electrons. The molecule has 2 nitrogen and oxygen atoms in total. The molecule has 14 heavy (non-hydrogen) atoms. The zero-order chi connectivity index (χ0) is 10.7. The summed E-state index contributed by atoms with van der Waals surface area (Å²) in [5.74, 6) is 0.333. The molecule has 0 aliphatic rings. The fraction of sp³-hybridized carbons (Fsp3) is 0.333. The number of phenolic OH excluding ortho intramolecular Hbond substituents is 2. The average Bonchev–Trinajstić information content (AvgIpc) is 2.01. The second-order valence-electron chi connectivity index (χ2n) is 3.77. The average molecular weight is 192 g/mol. The highest BCUT2D eigenvalue weighted by atomic mass is 16.3. The summed E-state index contributed by atoms with van der Waals surface area (Å²) in [7, 11) is 0. The molecule has 0 unspecified atom stereocenters. The van der Waals surface area contributed by atoms with Gasteiger partial charge in [-0.2, -0.15) is 0 Å². The van der Waals surface area contributed by atoms with E-state index in [4.69, 9.17) is 0 Å². The second kappa shape index (κ2) is 4.18. The van der Waals surface area contributed by atoms with Crippen LogP contribution in [0.15, 0.2) is 23.8 Å². The lowest BCUT2D eigenvalue weighted by Crippen LogP contribution is -1.86. The highest BCUT2D eigenvalue weighted by molar-refractivity contribution is 5.47. The minimum Gasteiger partial charge on any atom is -0.508 e. The molecular formula is C12H16O2. The summed E-state index contributed by atoms with van der Waals surface area (Å²) < 4.78 is 0. The van der Waals surface area contributed by atoms with Crippen LogP contribution in [0.4, 0.5) is 0 Å². The van der Waals surface area contributed by atoms with Crippen molar-refractivity contribution in [2.45, 2.75) is 27.2 Å². The molecular weight excluding hydrogens is 176 g/mol.